The first-order chi connectivity index (χ1) is 12.1. The molecule has 3 aliphatic rings. The van der Waals surface area contributed by atoms with Gasteiger partial charge in [-0.3, -0.25) is 4.79 Å². The number of amides is 3. The van der Waals surface area contributed by atoms with Crippen molar-refractivity contribution in [2.24, 2.45) is 17.6 Å². The third kappa shape index (κ3) is 3.16. The van der Waals surface area contributed by atoms with E-state index in [1.165, 1.54) is 5.69 Å². The van der Waals surface area contributed by atoms with E-state index >= 15 is 0 Å². The second-order valence-electron chi connectivity index (χ2n) is 7.17. The van der Waals surface area contributed by atoms with Gasteiger partial charge in [0.1, 0.15) is 6.04 Å². The molecule has 1 unspecified atom stereocenters. The van der Waals surface area contributed by atoms with Crippen molar-refractivity contribution in [3.05, 3.63) is 24.3 Å². The van der Waals surface area contributed by atoms with Gasteiger partial charge in [0.15, 0.2) is 0 Å². The zero-order valence-electron chi connectivity index (χ0n) is 14.2. The summed E-state index contributed by atoms with van der Waals surface area (Å²) in [7, 11) is 0. The fourth-order valence-electron chi connectivity index (χ4n) is 4.18. The highest BCUT2D eigenvalue weighted by Crippen LogP contribution is 2.33. The van der Waals surface area contributed by atoms with Crippen molar-refractivity contribution in [2.45, 2.75) is 18.9 Å². The van der Waals surface area contributed by atoms with Crippen LogP contribution < -0.4 is 20.9 Å². The molecule has 134 valence electrons. The standard InChI is InChI=1S/C18H24N4O3/c19-18(24)20-16-2-1-7-22(17(16)23)15-5-3-14(4-6-15)21-8-12-10-25-11-13(12)9-21/h3-6,12-13,16H,1-2,7-11H2,(H3,19,20,24)/t12-,13?,16+/m0/s1. The van der Waals surface area contributed by atoms with Gasteiger partial charge in [0.05, 0.1) is 13.2 Å². The second kappa shape index (κ2) is 6.55. The number of nitrogens with one attached hydrogen (secondary N) is 1. The van der Waals surface area contributed by atoms with Gasteiger partial charge in [-0.1, -0.05) is 0 Å². The Kier molecular flexibility index (Phi) is 4.25. The van der Waals surface area contributed by atoms with Crippen LogP contribution in [0.25, 0.3) is 0 Å². The maximum atomic E-state index is 12.6. The Morgan fingerprint density at radius 2 is 1.76 bits per heavy atom. The van der Waals surface area contributed by atoms with Gasteiger partial charge in [-0.2, -0.15) is 0 Å². The Bertz CT molecular complexity index is 651. The van der Waals surface area contributed by atoms with Crippen LogP contribution in [0.4, 0.5) is 16.2 Å². The van der Waals surface area contributed by atoms with Gasteiger partial charge in [-0.15, -0.1) is 0 Å². The first kappa shape index (κ1) is 16.2. The van der Waals surface area contributed by atoms with E-state index in [1.54, 1.807) is 4.90 Å². The highest BCUT2D eigenvalue weighted by atomic mass is 16.5. The number of anilines is 2. The fourth-order valence-corrected chi connectivity index (χ4v) is 4.18. The number of urea groups is 1. The molecule has 3 fully saturated rings. The van der Waals surface area contributed by atoms with Crippen LogP contribution in [0.5, 0.6) is 0 Å². The average molecular weight is 344 g/mol. The summed E-state index contributed by atoms with van der Waals surface area (Å²) >= 11 is 0. The summed E-state index contributed by atoms with van der Waals surface area (Å²) in [6, 6.07) is 6.96. The topological polar surface area (TPSA) is 87.9 Å². The molecule has 0 aromatic heterocycles. The molecule has 3 saturated heterocycles. The fraction of sp³-hybridized carbons (Fsp3) is 0.556. The molecule has 7 heteroatoms. The van der Waals surface area contributed by atoms with Crippen molar-refractivity contribution >= 4 is 23.3 Å². The minimum Gasteiger partial charge on any atom is -0.381 e. The van der Waals surface area contributed by atoms with Crippen LogP contribution in [0.1, 0.15) is 12.8 Å². The average Bonchev–Trinajstić information content (AvgIpc) is 3.18. The predicted molar refractivity (Wildman–Crippen MR) is 94.5 cm³/mol. The number of rotatable bonds is 3. The van der Waals surface area contributed by atoms with Crippen LogP contribution in [-0.4, -0.2) is 50.8 Å². The number of hydrogen-bond acceptors (Lipinski definition) is 4. The smallest absolute Gasteiger partial charge is 0.312 e. The number of piperidine rings is 1. The zero-order valence-corrected chi connectivity index (χ0v) is 14.2. The van der Waals surface area contributed by atoms with E-state index in [0.29, 0.717) is 24.8 Å². The number of carbonyl (C=O) groups excluding carboxylic acids is 2. The molecule has 0 spiro atoms. The summed E-state index contributed by atoms with van der Waals surface area (Å²) in [4.78, 5) is 27.8. The summed E-state index contributed by atoms with van der Waals surface area (Å²) in [6.07, 6.45) is 1.48. The van der Waals surface area contributed by atoms with E-state index in [4.69, 9.17) is 10.5 Å². The quantitative estimate of drug-likeness (QED) is 0.854. The lowest BCUT2D eigenvalue weighted by molar-refractivity contribution is -0.121. The molecule has 3 N–H and O–H groups in total. The summed E-state index contributed by atoms with van der Waals surface area (Å²) in [5, 5.41) is 2.54. The number of benzene rings is 1. The van der Waals surface area contributed by atoms with Crippen LogP contribution in [0, 0.1) is 11.8 Å². The van der Waals surface area contributed by atoms with Crippen LogP contribution in [0.3, 0.4) is 0 Å². The van der Waals surface area contributed by atoms with Gasteiger partial charge in [0, 0.05) is 42.8 Å². The maximum absolute atomic E-state index is 12.6. The Morgan fingerprint density at radius 3 is 2.40 bits per heavy atom. The molecule has 3 aliphatic heterocycles. The van der Waals surface area contributed by atoms with E-state index < -0.39 is 12.1 Å². The van der Waals surface area contributed by atoms with Crippen LogP contribution in [0.2, 0.25) is 0 Å². The number of nitrogens with zero attached hydrogens (tertiary/aromatic N) is 2. The first-order valence-corrected chi connectivity index (χ1v) is 8.92. The Labute approximate surface area is 147 Å². The summed E-state index contributed by atoms with van der Waals surface area (Å²) in [5.74, 6) is 1.19. The molecule has 0 radical (unpaired) electrons. The molecule has 3 amide bonds. The molecule has 3 heterocycles. The lowest BCUT2D eigenvalue weighted by Crippen LogP contribution is -2.53. The number of ether oxygens (including phenoxy) is 1. The van der Waals surface area contributed by atoms with E-state index in [0.717, 1.165) is 38.4 Å². The number of carbonyl (C=O) groups is 2. The van der Waals surface area contributed by atoms with Gasteiger partial charge in [0.25, 0.3) is 0 Å². The van der Waals surface area contributed by atoms with Gasteiger partial charge < -0.3 is 25.6 Å². The SMILES string of the molecule is NC(=O)N[C@@H]1CCCN(c2ccc(N3CC4COC[C@@H]4C3)cc2)C1=O. The number of primary amides is 1. The third-order valence-corrected chi connectivity index (χ3v) is 5.52. The van der Waals surface area contributed by atoms with E-state index in [-0.39, 0.29) is 5.91 Å². The summed E-state index contributed by atoms with van der Waals surface area (Å²) in [6.45, 7) is 4.49. The van der Waals surface area contributed by atoms with Crippen molar-refractivity contribution in [1.29, 1.82) is 0 Å². The monoisotopic (exact) mass is 344 g/mol. The summed E-state index contributed by atoms with van der Waals surface area (Å²) in [5.41, 5.74) is 7.22. The second-order valence-corrected chi connectivity index (χ2v) is 7.17. The zero-order chi connectivity index (χ0) is 17.4. The molecule has 0 saturated carbocycles. The predicted octanol–water partition coefficient (Wildman–Crippen LogP) is 0.933. The first-order valence-electron chi connectivity index (χ1n) is 8.92. The van der Waals surface area contributed by atoms with Crippen molar-refractivity contribution < 1.29 is 14.3 Å². The molecule has 3 atom stereocenters. The molecule has 1 aromatic rings. The van der Waals surface area contributed by atoms with E-state index in [2.05, 4.69) is 22.3 Å². The Balaban J connectivity index is 1.45. The van der Waals surface area contributed by atoms with Gasteiger partial charge in [0.2, 0.25) is 5.91 Å². The van der Waals surface area contributed by atoms with E-state index in [9.17, 15) is 9.59 Å². The molecule has 4 rings (SSSR count). The molecule has 0 bridgehead atoms. The summed E-state index contributed by atoms with van der Waals surface area (Å²) < 4.78 is 5.53. The van der Waals surface area contributed by atoms with E-state index in [1.807, 2.05) is 12.1 Å². The number of fused-ring (bicyclic) bond motifs is 1. The largest absolute Gasteiger partial charge is 0.381 e. The maximum Gasteiger partial charge on any atom is 0.312 e. The van der Waals surface area contributed by atoms with Crippen molar-refractivity contribution in [2.75, 3.05) is 42.6 Å². The van der Waals surface area contributed by atoms with Gasteiger partial charge >= 0.3 is 6.03 Å². The normalized spacial score (nSPS) is 29.0. The minimum atomic E-state index is -0.654. The minimum absolute atomic E-state index is 0.0920. The van der Waals surface area contributed by atoms with Crippen molar-refractivity contribution in [3.8, 4) is 0 Å². The third-order valence-electron chi connectivity index (χ3n) is 5.52. The molecular formula is C18H24N4O3. The van der Waals surface area contributed by atoms with Gasteiger partial charge in [-0.05, 0) is 37.1 Å². The van der Waals surface area contributed by atoms with Crippen LogP contribution >= 0.6 is 0 Å². The lowest BCUT2D eigenvalue weighted by Gasteiger charge is -2.32. The van der Waals surface area contributed by atoms with Gasteiger partial charge in [-0.25, -0.2) is 4.79 Å². The molecule has 7 nitrogen and oxygen atoms in total. The molecular weight excluding hydrogens is 320 g/mol. The molecule has 0 aliphatic carbocycles. The lowest BCUT2D eigenvalue weighted by atomic mass is 10.0. The van der Waals surface area contributed by atoms with Crippen molar-refractivity contribution in [1.82, 2.24) is 5.32 Å². The molecule has 1 aromatic carbocycles. The number of nitrogens with two attached hydrogens (primary N) is 1. The number of hydrogen-bond donors (Lipinski definition) is 2. The Morgan fingerprint density at radius 1 is 1.12 bits per heavy atom. The van der Waals surface area contributed by atoms with Crippen LogP contribution in [0.15, 0.2) is 24.3 Å². The van der Waals surface area contributed by atoms with Crippen LogP contribution in [-0.2, 0) is 9.53 Å². The molecule has 25 heavy (non-hydrogen) atoms. The Hall–Kier alpha value is -2.28. The van der Waals surface area contributed by atoms with Crippen molar-refractivity contribution in [3.63, 3.8) is 0 Å². The highest BCUT2D eigenvalue weighted by molar-refractivity contribution is 5.99. The highest BCUT2D eigenvalue weighted by Gasteiger charge is 2.37.